The van der Waals surface area contributed by atoms with Crippen LogP contribution in [0.15, 0.2) is 0 Å². The third-order valence-corrected chi connectivity index (χ3v) is 1.96. The first-order chi connectivity index (χ1) is 4.81. The predicted molar refractivity (Wildman–Crippen MR) is 44.2 cm³/mol. The molecule has 0 spiro atoms. The summed E-state index contributed by atoms with van der Waals surface area (Å²) in [5, 5.41) is 0.250. The molecule has 60 valence electrons. The van der Waals surface area contributed by atoms with Crippen LogP contribution < -0.4 is 0 Å². The Morgan fingerprint density at radius 3 is 2.70 bits per heavy atom. The van der Waals surface area contributed by atoms with Gasteiger partial charge in [-0.3, -0.25) is 4.79 Å². The van der Waals surface area contributed by atoms with E-state index in [0.29, 0.717) is 13.0 Å². The van der Waals surface area contributed by atoms with Crippen LogP contribution in [0.5, 0.6) is 0 Å². The summed E-state index contributed by atoms with van der Waals surface area (Å²) in [5.74, 6) is 0.792. The van der Waals surface area contributed by atoms with E-state index < -0.39 is 0 Å². The molecule has 0 fully saturated rings. The van der Waals surface area contributed by atoms with E-state index in [1.807, 2.05) is 13.8 Å². The van der Waals surface area contributed by atoms with Gasteiger partial charge >= 0.3 is 0 Å². The van der Waals surface area contributed by atoms with E-state index in [-0.39, 0.29) is 5.12 Å². The van der Waals surface area contributed by atoms with E-state index in [1.165, 1.54) is 11.8 Å². The molecule has 0 N–H and O–H groups in total. The molecule has 0 bridgehead atoms. The Hall–Kier alpha value is -0.0200. The Morgan fingerprint density at radius 1 is 1.50 bits per heavy atom. The van der Waals surface area contributed by atoms with E-state index in [2.05, 4.69) is 0 Å². The smallest absolute Gasteiger partial charge is 0.188 e. The first kappa shape index (κ1) is 9.98. The van der Waals surface area contributed by atoms with Gasteiger partial charge in [0, 0.05) is 18.8 Å². The van der Waals surface area contributed by atoms with Crippen molar-refractivity contribution in [2.45, 2.75) is 20.3 Å². The lowest BCUT2D eigenvalue weighted by Gasteiger charge is -1.97. The SMILES string of the molecule is CCOCCSC(=O)CC. The van der Waals surface area contributed by atoms with Crippen molar-refractivity contribution in [3.8, 4) is 0 Å². The molecule has 0 aliphatic carbocycles. The second-order valence-corrected chi connectivity index (χ2v) is 2.92. The number of hydrogen-bond donors (Lipinski definition) is 0. The van der Waals surface area contributed by atoms with Crippen molar-refractivity contribution in [2.75, 3.05) is 19.0 Å². The quantitative estimate of drug-likeness (QED) is 0.575. The molecule has 3 heteroatoms. The van der Waals surface area contributed by atoms with Crippen molar-refractivity contribution in [3.63, 3.8) is 0 Å². The van der Waals surface area contributed by atoms with Crippen molar-refractivity contribution in [2.24, 2.45) is 0 Å². The number of ether oxygens (including phenoxy) is 1. The summed E-state index contributed by atoms with van der Waals surface area (Å²) in [7, 11) is 0. The van der Waals surface area contributed by atoms with Gasteiger partial charge in [-0.25, -0.2) is 0 Å². The maximum atomic E-state index is 10.7. The molecular formula is C7H14O2S. The number of thioether (sulfide) groups is 1. The van der Waals surface area contributed by atoms with Gasteiger partial charge in [-0.05, 0) is 6.92 Å². The Balaban J connectivity index is 2.96. The summed E-state index contributed by atoms with van der Waals surface area (Å²) in [6.45, 7) is 5.25. The number of hydrogen-bond acceptors (Lipinski definition) is 3. The molecule has 0 saturated heterocycles. The molecular weight excluding hydrogens is 148 g/mol. The fourth-order valence-corrected chi connectivity index (χ4v) is 1.09. The van der Waals surface area contributed by atoms with Crippen LogP contribution in [0.3, 0.4) is 0 Å². The zero-order valence-electron chi connectivity index (χ0n) is 6.55. The maximum absolute atomic E-state index is 10.7. The number of carbonyl (C=O) groups excluding carboxylic acids is 1. The summed E-state index contributed by atoms with van der Waals surface area (Å²) >= 11 is 1.35. The van der Waals surface area contributed by atoms with Crippen molar-refractivity contribution < 1.29 is 9.53 Å². The second-order valence-electron chi connectivity index (χ2n) is 1.77. The molecule has 0 aliphatic rings. The minimum atomic E-state index is 0.250. The number of carbonyl (C=O) groups is 1. The average Bonchev–Trinajstić information content (AvgIpc) is 1.98. The molecule has 0 atom stereocenters. The Kier molecular flexibility index (Phi) is 7.08. The van der Waals surface area contributed by atoms with Crippen molar-refractivity contribution in [1.82, 2.24) is 0 Å². The van der Waals surface area contributed by atoms with Crippen LogP contribution in [-0.4, -0.2) is 24.1 Å². The molecule has 0 unspecified atom stereocenters. The Bertz CT molecular complexity index is 93.6. The average molecular weight is 162 g/mol. The molecule has 0 rings (SSSR count). The molecule has 0 aromatic rings. The highest BCUT2D eigenvalue weighted by molar-refractivity contribution is 8.13. The van der Waals surface area contributed by atoms with Crippen LogP contribution >= 0.6 is 11.8 Å². The fourth-order valence-electron chi connectivity index (χ4n) is 0.461. The summed E-state index contributed by atoms with van der Waals surface area (Å²) < 4.78 is 5.06. The van der Waals surface area contributed by atoms with Gasteiger partial charge in [-0.15, -0.1) is 0 Å². The van der Waals surface area contributed by atoms with E-state index in [1.54, 1.807) is 0 Å². The lowest BCUT2D eigenvalue weighted by Crippen LogP contribution is -1.99. The van der Waals surface area contributed by atoms with Crippen molar-refractivity contribution in [3.05, 3.63) is 0 Å². The van der Waals surface area contributed by atoms with Crippen LogP contribution in [-0.2, 0) is 9.53 Å². The summed E-state index contributed by atoms with van der Waals surface area (Å²) in [4.78, 5) is 10.7. The highest BCUT2D eigenvalue weighted by Crippen LogP contribution is 2.03. The zero-order chi connectivity index (χ0) is 7.82. The first-order valence-electron chi connectivity index (χ1n) is 3.54. The summed E-state index contributed by atoms with van der Waals surface area (Å²) in [5.41, 5.74) is 0. The monoisotopic (exact) mass is 162 g/mol. The summed E-state index contributed by atoms with van der Waals surface area (Å²) in [6.07, 6.45) is 0.622. The van der Waals surface area contributed by atoms with Crippen LogP contribution in [0.25, 0.3) is 0 Å². The molecule has 0 saturated carbocycles. The molecule has 0 aromatic heterocycles. The molecule has 2 nitrogen and oxygen atoms in total. The molecule has 10 heavy (non-hydrogen) atoms. The van der Waals surface area contributed by atoms with Gasteiger partial charge in [0.05, 0.1) is 6.61 Å². The van der Waals surface area contributed by atoms with Crippen LogP contribution in [0.2, 0.25) is 0 Å². The van der Waals surface area contributed by atoms with Crippen LogP contribution in [0.1, 0.15) is 20.3 Å². The largest absolute Gasteiger partial charge is 0.381 e. The van der Waals surface area contributed by atoms with Gasteiger partial charge in [0.1, 0.15) is 0 Å². The van der Waals surface area contributed by atoms with Crippen LogP contribution in [0.4, 0.5) is 0 Å². The van der Waals surface area contributed by atoms with Gasteiger partial charge in [0.2, 0.25) is 0 Å². The third-order valence-electron chi connectivity index (χ3n) is 0.984. The van der Waals surface area contributed by atoms with E-state index in [9.17, 15) is 4.79 Å². The maximum Gasteiger partial charge on any atom is 0.188 e. The van der Waals surface area contributed by atoms with Crippen LogP contribution in [0, 0.1) is 0 Å². The van der Waals surface area contributed by atoms with Gasteiger partial charge < -0.3 is 4.74 Å². The van der Waals surface area contributed by atoms with Gasteiger partial charge in [0.15, 0.2) is 5.12 Å². The normalized spacial score (nSPS) is 9.80. The van der Waals surface area contributed by atoms with Crippen molar-refractivity contribution >= 4 is 16.9 Å². The third kappa shape index (κ3) is 6.11. The minimum Gasteiger partial charge on any atom is -0.381 e. The molecule has 0 heterocycles. The van der Waals surface area contributed by atoms with Gasteiger partial charge in [-0.2, -0.15) is 0 Å². The predicted octanol–water partition coefficient (Wildman–Crippen LogP) is 1.69. The Labute approximate surface area is 66.3 Å². The minimum absolute atomic E-state index is 0.250. The van der Waals surface area contributed by atoms with E-state index in [4.69, 9.17) is 4.74 Å². The zero-order valence-corrected chi connectivity index (χ0v) is 7.37. The standard InChI is InChI=1S/C7H14O2S/c1-3-7(8)10-6-5-9-4-2/h3-6H2,1-2H3. The lowest BCUT2D eigenvalue weighted by atomic mass is 10.6. The topological polar surface area (TPSA) is 26.3 Å². The molecule has 0 aromatic carbocycles. The number of rotatable bonds is 5. The van der Waals surface area contributed by atoms with E-state index in [0.717, 1.165) is 12.4 Å². The highest BCUT2D eigenvalue weighted by Gasteiger charge is 1.96. The van der Waals surface area contributed by atoms with Gasteiger partial charge in [0.25, 0.3) is 0 Å². The molecule has 0 radical (unpaired) electrons. The first-order valence-corrected chi connectivity index (χ1v) is 4.53. The fraction of sp³-hybridized carbons (Fsp3) is 0.857. The van der Waals surface area contributed by atoms with E-state index >= 15 is 0 Å². The second kappa shape index (κ2) is 7.09. The summed E-state index contributed by atoms with van der Waals surface area (Å²) in [6, 6.07) is 0. The van der Waals surface area contributed by atoms with Crippen molar-refractivity contribution in [1.29, 1.82) is 0 Å². The molecule has 0 aliphatic heterocycles. The molecule has 0 amide bonds. The highest BCUT2D eigenvalue weighted by atomic mass is 32.2. The van der Waals surface area contributed by atoms with Gasteiger partial charge in [-0.1, -0.05) is 18.7 Å². The lowest BCUT2D eigenvalue weighted by molar-refractivity contribution is -0.110. The Morgan fingerprint density at radius 2 is 2.20 bits per heavy atom.